The van der Waals surface area contributed by atoms with Crippen LogP contribution in [0.4, 0.5) is 18.9 Å². The number of alkyl halides is 3. The number of benzene rings is 1. The van der Waals surface area contributed by atoms with Gasteiger partial charge in [0.1, 0.15) is 5.69 Å². The molecular formula is C24H21F3N4O5. The van der Waals surface area contributed by atoms with Crippen molar-refractivity contribution in [2.24, 2.45) is 0 Å². The summed E-state index contributed by atoms with van der Waals surface area (Å²) in [4.78, 5) is 38.0. The summed E-state index contributed by atoms with van der Waals surface area (Å²) in [5.41, 5.74) is 2.42. The highest BCUT2D eigenvalue weighted by Gasteiger charge is 2.35. The molecule has 0 aliphatic carbocycles. The molecule has 3 aromatic rings. The molecule has 0 fully saturated rings. The summed E-state index contributed by atoms with van der Waals surface area (Å²) in [7, 11) is 0. The number of nitrogens with zero attached hydrogens (tertiary/aromatic N) is 4. The van der Waals surface area contributed by atoms with Gasteiger partial charge in [-0.2, -0.15) is 18.3 Å². The molecule has 0 saturated heterocycles. The third kappa shape index (κ3) is 5.95. The van der Waals surface area contributed by atoms with E-state index < -0.39 is 23.7 Å². The second-order valence-corrected chi connectivity index (χ2v) is 7.86. The summed E-state index contributed by atoms with van der Waals surface area (Å²) < 4.78 is 40.2. The minimum absolute atomic E-state index is 0.119. The number of aliphatic carboxylic acids is 2. The Balaban J connectivity index is 0.000000392. The topological polar surface area (TPSA) is 126 Å². The summed E-state index contributed by atoms with van der Waals surface area (Å²) in [6, 6.07) is 8.20. The molecule has 9 nitrogen and oxygen atoms in total. The Bertz CT molecular complexity index is 1300. The van der Waals surface area contributed by atoms with E-state index in [0.717, 1.165) is 23.4 Å². The van der Waals surface area contributed by atoms with Gasteiger partial charge >= 0.3 is 18.1 Å². The van der Waals surface area contributed by atoms with Crippen molar-refractivity contribution in [2.45, 2.75) is 26.1 Å². The fourth-order valence-electron chi connectivity index (χ4n) is 3.58. The van der Waals surface area contributed by atoms with Crippen LogP contribution in [0.1, 0.15) is 34.7 Å². The summed E-state index contributed by atoms with van der Waals surface area (Å²) >= 11 is 0. The number of rotatable bonds is 4. The van der Waals surface area contributed by atoms with Gasteiger partial charge in [0.2, 0.25) is 0 Å². The van der Waals surface area contributed by atoms with Crippen molar-refractivity contribution in [1.82, 2.24) is 14.8 Å². The van der Waals surface area contributed by atoms with Gasteiger partial charge in [-0.15, -0.1) is 0 Å². The standard InChI is InChI=1S/C20H17F3N4O.C4H4O4/c1-12-9-14(7-8-24-12)17-10-25-27-13(2)11-26(19(28)18(17)27)16-5-3-15(4-6-16)20(21,22)23;5-3(6)1-2-4(7)8/h3-10,13H,11H2,1-2H3;1-2H,(H,5,6)(H,7,8)/b;2-1-/t13-;/m0./s1. The largest absolute Gasteiger partial charge is 0.478 e. The van der Waals surface area contributed by atoms with E-state index in [0.29, 0.717) is 35.6 Å². The quantitative estimate of drug-likeness (QED) is 0.512. The third-order valence-corrected chi connectivity index (χ3v) is 5.19. The van der Waals surface area contributed by atoms with Crippen LogP contribution in [0.25, 0.3) is 11.1 Å². The van der Waals surface area contributed by atoms with Crippen LogP contribution < -0.4 is 4.90 Å². The van der Waals surface area contributed by atoms with Gasteiger partial charge < -0.3 is 15.1 Å². The second-order valence-electron chi connectivity index (χ2n) is 7.86. The number of pyridine rings is 1. The Morgan fingerprint density at radius 2 is 1.69 bits per heavy atom. The molecule has 0 unspecified atom stereocenters. The number of carbonyl (C=O) groups excluding carboxylic acids is 1. The highest BCUT2D eigenvalue weighted by Crippen LogP contribution is 2.34. The Labute approximate surface area is 203 Å². The molecule has 3 heterocycles. The van der Waals surface area contributed by atoms with Gasteiger partial charge in [0, 0.05) is 41.8 Å². The molecule has 1 amide bonds. The zero-order chi connectivity index (χ0) is 26.6. The van der Waals surface area contributed by atoms with Crippen LogP contribution in [0.15, 0.2) is 60.9 Å². The van der Waals surface area contributed by atoms with Crippen molar-refractivity contribution in [3.63, 3.8) is 0 Å². The summed E-state index contributed by atoms with van der Waals surface area (Å²) in [6.45, 7) is 4.10. The average molecular weight is 502 g/mol. The van der Waals surface area contributed by atoms with Gasteiger partial charge in [0.25, 0.3) is 5.91 Å². The summed E-state index contributed by atoms with van der Waals surface area (Å²) in [5.74, 6) is -2.81. The number of carboxylic acid groups (broad SMARTS) is 2. The zero-order valence-electron chi connectivity index (χ0n) is 19.1. The van der Waals surface area contributed by atoms with Crippen LogP contribution >= 0.6 is 0 Å². The van der Waals surface area contributed by atoms with E-state index >= 15 is 0 Å². The van der Waals surface area contributed by atoms with Crippen LogP contribution in [0, 0.1) is 6.92 Å². The van der Waals surface area contributed by atoms with Crippen LogP contribution in [0.5, 0.6) is 0 Å². The van der Waals surface area contributed by atoms with Crippen molar-refractivity contribution in [1.29, 1.82) is 0 Å². The number of fused-ring (bicyclic) bond motifs is 1. The third-order valence-electron chi connectivity index (χ3n) is 5.19. The number of aryl methyl sites for hydroxylation is 1. The lowest BCUT2D eigenvalue weighted by atomic mass is 10.0. The highest BCUT2D eigenvalue weighted by molar-refractivity contribution is 6.09. The van der Waals surface area contributed by atoms with E-state index in [2.05, 4.69) is 10.1 Å². The minimum atomic E-state index is -4.41. The van der Waals surface area contributed by atoms with Gasteiger partial charge in [0.15, 0.2) is 0 Å². The molecule has 2 aromatic heterocycles. The van der Waals surface area contributed by atoms with Crippen molar-refractivity contribution in [3.05, 3.63) is 77.9 Å². The van der Waals surface area contributed by atoms with E-state index in [1.807, 2.05) is 19.9 Å². The maximum Gasteiger partial charge on any atom is 0.416 e. The number of halogens is 3. The lowest BCUT2D eigenvalue weighted by Gasteiger charge is -2.32. The van der Waals surface area contributed by atoms with E-state index in [-0.39, 0.29) is 11.9 Å². The van der Waals surface area contributed by atoms with Crippen molar-refractivity contribution in [3.8, 4) is 11.1 Å². The number of carboxylic acids is 2. The number of hydrogen-bond acceptors (Lipinski definition) is 5. The lowest BCUT2D eigenvalue weighted by molar-refractivity contribution is -0.137. The number of aromatic nitrogens is 3. The molecule has 1 atom stereocenters. The Morgan fingerprint density at radius 1 is 1.08 bits per heavy atom. The van der Waals surface area contributed by atoms with Gasteiger partial charge in [-0.25, -0.2) is 9.59 Å². The van der Waals surface area contributed by atoms with Gasteiger partial charge in [-0.3, -0.25) is 14.5 Å². The predicted octanol–water partition coefficient (Wildman–Crippen LogP) is 4.21. The molecule has 2 N–H and O–H groups in total. The van der Waals surface area contributed by atoms with Crippen LogP contribution in [0.3, 0.4) is 0 Å². The number of anilines is 1. The monoisotopic (exact) mass is 502 g/mol. The van der Waals surface area contributed by atoms with Gasteiger partial charge in [-0.1, -0.05) is 0 Å². The molecule has 1 aromatic carbocycles. The molecule has 12 heteroatoms. The Hall–Kier alpha value is -4.48. The maximum absolute atomic E-state index is 13.2. The Kier molecular flexibility index (Phi) is 7.56. The van der Waals surface area contributed by atoms with Crippen LogP contribution in [0.2, 0.25) is 0 Å². The fraction of sp³-hybridized carbons (Fsp3) is 0.208. The first-order valence-electron chi connectivity index (χ1n) is 10.5. The molecule has 36 heavy (non-hydrogen) atoms. The molecule has 0 bridgehead atoms. The molecule has 1 aliphatic heterocycles. The number of carbonyl (C=O) groups is 3. The smallest absolute Gasteiger partial charge is 0.416 e. The molecule has 0 radical (unpaired) electrons. The highest BCUT2D eigenvalue weighted by atomic mass is 19.4. The average Bonchev–Trinajstić information content (AvgIpc) is 3.26. The van der Waals surface area contributed by atoms with E-state index in [4.69, 9.17) is 10.2 Å². The fourth-order valence-corrected chi connectivity index (χ4v) is 3.58. The van der Waals surface area contributed by atoms with E-state index in [1.54, 1.807) is 23.1 Å². The minimum Gasteiger partial charge on any atom is -0.478 e. The van der Waals surface area contributed by atoms with Gasteiger partial charge in [-0.05, 0) is 55.8 Å². The number of amides is 1. The molecule has 1 aliphatic rings. The van der Waals surface area contributed by atoms with Crippen molar-refractivity contribution >= 4 is 23.5 Å². The van der Waals surface area contributed by atoms with E-state index in [9.17, 15) is 27.6 Å². The molecule has 188 valence electrons. The van der Waals surface area contributed by atoms with E-state index in [1.165, 1.54) is 17.0 Å². The summed E-state index contributed by atoms with van der Waals surface area (Å²) in [5, 5.41) is 20.0. The van der Waals surface area contributed by atoms with Crippen LogP contribution in [-0.2, 0) is 15.8 Å². The lowest BCUT2D eigenvalue weighted by Crippen LogP contribution is -2.42. The second kappa shape index (κ2) is 10.4. The molecule has 0 saturated carbocycles. The first-order valence-corrected chi connectivity index (χ1v) is 10.5. The maximum atomic E-state index is 13.2. The molecule has 0 spiro atoms. The number of hydrogen-bond donors (Lipinski definition) is 2. The first kappa shape index (κ1) is 26.1. The van der Waals surface area contributed by atoms with Gasteiger partial charge in [0.05, 0.1) is 17.8 Å². The predicted molar refractivity (Wildman–Crippen MR) is 122 cm³/mol. The summed E-state index contributed by atoms with van der Waals surface area (Å²) in [6.07, 6.45) is 0.0151. The van der Waals surface area contributed by atoms with Crippen molar-refractivity contribution in [2.75, 3.05) is 11.4 Å². The van der Waals surface area contributed by atoms with Crippen molar-refractivity contribution < 1.29 is 37.8 Å². The zero-order valence-corrected chi connectivity index (χ0v) is 19.1. The van der Waals surface area contributed by atoms with Crippen LogP contribution in [-0.4, -0.2) is 49.4 Å². The molecule has 4 rings (SSSR count). The molecular weight excluding hydrogens is 481 g/mol. The SMILES string of the molecule is Cc1cc(-c2cnn3c2C(=O)N(c2ccc(C(F)(F)F)cc2)C[C@@H]3C)ccn1.O=C(O)/C=C\C(=O)O. The Morgan fingerprint density at radius 3 is 2.22 bits per heavy atom. The first-order chi connectivity index (χ1) is 16.9. The normalized spacial score (nSPS) is 15.3.